The van der Waals surface area contributed by atoms with Gasteiger partial charge in [-0.25, -0.2) is 0 Å². The maximum absolute atomic E-state index is 11.5. The Kier molecular flexibility index (Phi) is 5.22. The summed E-state index contributed by atoms with van der Waals surface area (Å²) in [6, 6.07) is 10.7. The van der Waals surface area contributed by atoms with Gasteiger partial charge >= 0.3 is 0 Å². The number of nitro benzene ring substituents is 1. The minimum absolute atomic E-state index is 0.102. The third kappa shape index (κ3) is 4.39. The van der Waals surface area contributed by atoms with Gasteiger partial charge in [0.1, 0.15) is 0 Å². The second kappa shape index (κ2) is 7.55. The number of carbonyl (C=O) groups is 1. The monoisotopic (exact) mass is 345 g/mol. The van der Waals surface area contributed by atoms with Crippen LogP contribution in [0, 0.1) is 16.0 Å². The van der Waals surface area contributed by atoms with Crippen LogP contribution in [0.15, 0.2) is 36.4 Å². The second-order valence-electron chi connectivity index (χ2n) is 5.81. The third-order valence-electron chi connectivity index (χ3n) is 3.87. The number of nitro groups is 1. The van der Waals surface area contributed by atoms with Crippen molar-refractivity contribution < 1.29 is 9.72 Å². The Labute approximate surface area is 144 Å². The van der Waals surface area contributed by atoms with Gasteiger partial charge in [0.05, 0.1) is 4.92 Å². The molecule has 1 aliphatic carbocycles. The highest BCUT2D eigenvalue weighted by atomic mass is 32.1. The fourth-order valence-corrected chi connectivity index (χ4v) is 3.33. The summed E-state index contributed by atoms with van der Waals surface area (Å²) in [5, 5.41) is 16.9. The van der Waals surface area contributed by atoms with Crippen molar-refractivity contribution in [2.24, 2.45) is 5.92 Å². The van der Waals surface area contributed by atoms with E-state index < -0.39 is 4.92 Å². The quantitative estimate of drug-likeness (QED) is 0.438. The number of rotatable bonds is 8. The van der Waals surface area contributed by atoms with Gasteiger partial charge in [-0.05, 0) is 42.7 Å². The van der Waals surface area contributed by atoms with E-state index in [1.54, 1.807) is 23.5 Å². The smallest absolute Gasteiger partial charge is 0.269 e. The molecule has 1 saturated carbocycles. The number of amides is 1. The van der Waals surface area contributed by atoms with E-state index in [2.05, 4.69) is 16.7 Å². The molecule has 1 aromatic heterocycles. The van der Waals surface area contributed by atoms with E-state index in [4.69, 9.17) is 0 Å². The number of hydrogen-bond acceptors (Lipinski definition) is 5. The number of carbonyl (C=O) groups excluding carboxylic acids is 1. The lowest BCUT2D eigenvalue weighted by atomic mass is 10.2. The molecule has 0 aliphatic heterocycles. The number of nitrogens with zero attached hydrogens (tertiary/aromatic N) is 1. The molecule has 1 fully saturated rings. The number of benzene rings is 1. The van der Waals surface area contributed by atoms with E-state index >= 15 is 0 Å². The highest BCUT2D eigenvalue weighted by Gasteiger charge is 2.28. The molecule has 0 radical (unpaired) electrons. The summed E-state index contributed by atoms with van der Waals surface area (Å²) in [6.07, 6.45) is 2.06. The van der Waals surface area contributed by atoms with E-state index in [1.165, 1.54) is 17.0 Å². The van der Waals surface area contributed by atoms with Crippen LogP contribution >= 0.6 is 11.3 Å². The van der Waals surface area contributed by atoms with Crippen molar-refractivity contribution in [2.75, 3.05) is 13.1 Å². The number of thiophene rings is 1. The predicted molar refractivity (Wildman–Crippen MR) is 93.8 cm³/mol. The first-order chi connectivity index (χ1) is 11.6. The van der Waals surface area contributed by atoms with Crippen LogP contribution in [0.1, 0.15) is 17.7 Å². The zero-order valence-electron chi connectivity index (χ0n) is 13.2. The largest absolute Gasteiger partial charge is 0.355 e. The van der Waals surface area contributed by atoms with Crippen LogP contribution in [-0.4, -0.2) is 23.9 Å². The minimum Gasteiger partial charge on any atom is -0.355 e. The summed E-state index contributed by atoms with van der Waals surface area (Å²) in [6.45, 7) is 2.14. The van der Waals surface area contributed by atoms with Gasteiger partial charge in [-0.2, -0.15) is 0 Å². The van der Waals surface area contributed by atoms with E-state index in [-0.39, 0.29) is 17.5 Å². The topological polar surface area (TPSA) is 84.3 Å². The van der Waals surface area contributed by atoms with Crippen molar-refractivity contribution in [3.05, 3.63) is 51.4 Å². The Hall–Kier alpha value is -2.25. The summed E-state index contributed by atoms with van der Waals surface area (Å²) in [5.74, 6) is 0.430. The molecule has 1 heterocycles. The normalized spacial score (nSPS) is 13.7. The zero-order chi connectivity index (χ0) is 16.9. The molecule has 2 N–H and O–H groups in total. The Bertz CT molecular complexity index is 723. The molecule has 0 saturated heterocycles. The van der Waals surface area contributed by atoms with Crippen molar-refractivity contribution in [3.63, 3.8) is 0 Å². The van der Waals surface area contributed by atoms with Crippen LogP contribution in [0.3, 0.4) is 0 Å². The van der Waals surface area contributed by atoms with E-state index in [1.807, 2.05) is 6.07 Å². The number of nitrogens with one attached hydrogen (secondary N) is 2. The van der Waals surface area contributed by atoms with Gasteiger partial charge in [-0.15, -0.1) is 11.3 Å². The van der Waals surface area contributed by atoms with Crippen LogP contribution in [-0.2, 0) is 11.3 Å². The van der Waals surface area contributed by atoms with Gasteiger partial charge in [0, 0.05) is 47.4 Å². The molecule has 2 aromatic rings. The molecule has 3 rings (SSSR count). The Morgan fingerprint density at radius 1 is 1.17 bits per heavy atom. The average Bonchev–Trinajstić information content (AvgIpc) is 3.33. The summed E-state index contributed by atoms with van der Waals surface area (Å²) in [4.78, 5) is 24.1. The van der Waals surface area contributed by atoms with E-state index in [9.17, 15) is 14.9 Å². The number of non-ortho nitro benzene ring substituents is 1. The molecular weight excluding hydrogens is 326 g/mol. The maximum Gasteiger partial charge on any atom is 0.269 e. The predicted octanol–water partition coefficient (Wildman–Crippen LogP) is 2.94. The molecule has 126 valence electrons. The fraction of sp³-hybridized carbons (Fsp3) is 0.353. The molecule has 1 aromatic carbocycles. The van der Waals surface area contributed by atoms with Crippen molar-refractivity contribution in [3.8, 4) is 10.4 Å². The third-order valence-corrected chi connectivity index (χ3v) is 5.01. The van der Waals surface area contributed by atoms with E-state index in [0.717, 1.165) is 36.4 Å². The molecule has 0 unspecified atom stereocenters. The molecule has 1 amide bonds. The summed E-state index contributed by atoms with van der Waals surface area (Å²) < 4.78 is 0. The van der Waals surface area contributed by atoms with Crippen molar-refractivity contribution >= 4 is 22.9 Å². The molecule has 0 spiro atoms. The average molecular weight is 345 g/mol. The molecule has 6 nitrogen and oxygen atoms in total. The molecular formula is C17H19N3O3S. The Morgan fingerprint density at radius 3 is 2.58 bits per heavy atom. The van der Waals surface area contributed by atoms with Gasteiger partial charge in [0.15, 0.2) is 0 Å². The van der Waals surface area contributed by atoms with Gasteiger partial charge in [0.25, 0.3) is 5.69 Å². The molecule has 0 atom stereocenters. The summed E-state index contributed by atoms with van der Waals surface area (Å²) in [5.41, 5.74) is 1.08. The van der Waals surface area contributed by atoms with Crippen LogP contribution in [0.25, 0.3) is 10.4 Å². The summed E-state index contributed by atoms with van der Waals surface area (Å²) >= 11 is 1.66. The lowest BCUT2D eigenvalue weighted by Crippen LogP contribution is -2.32. The van der Waals surface area contributed by atoms with Gasteiger partial charge < -0.3 is 10.6 Å². The Balaban J connectivity index is 1.44. The van der Waals surface area contributed by atoms with Crippen LogP contribution in [0.2, 0.25) is 0 Å². The first kappa shape index (κ1) is 16.6. The van der Waals surface area contributed by atoms with Crippen molar-refractivity contribution in [1.82, 2.24) is 10.6 Å². The van der Waals surface area contributed by atoms with Gasteiger partial charge in [0.2, 0.25) is 5.91 Å². The highest BCUT2D eigenvalue weighted by Crippen LogP contribution is 2.29. The SMILES string of the molecule is O=C(NCCNCc1ccc(-c2ccc([N+](=O)[O-])cc2)s1)C1CC1. The zero-order valence-corrected chi connectivity index (χ0v) is 14.0. The van der Waals surface area contributed by atoms with Gasteiger partial charge in [-0.1, -0.05) is 0 Å². The molecule has 1 aliphatic rings. The molecule has 7 heteroatoms. The second-order valence-corrected chi connectivity index (χ2v) is 6.98. The van der Waals surface area contributed by atoms with Crippen molar-refractivity contribution in [1.29, 1.82) is 0 Å². The Morgan fingerprint density at radius 2 is 1.92 bits per heavy atom. The molecule has 0 bridgehead atoms. The van der Waals surface area contributed by atoms with Gasteiger partial charge in [-0.3, -0.25) is 14.9 Å². The lowest BCUT2D eigenvalue weighted by Gasteiger charge is -2.05. The fourth-order valence-electron chi connectivity index (χ4n) is 2.35. The minimum atomic E-state index is -0.393. The van der Waals surface area contributed by atoms with Crippen LogP contribution in [0.5, 0.6) is 0 Å². The van der Waals surface area contributed by atoms with Crippen LogP contribution in [0.4, 0.5) is 5.69 Å². The number of hydrogen-bond donors (Lipinski definition) is 2. The first-order valence-electron chi connectivity index (χ1n) is 7.95. The lowest BCUT2D eigenvalue weighted by molar-refractivity contribution is -0.384. The highest BCUT2D eigenvalue weighted by molar-refractivity contribution is 7.15. The van der Waals surface area contributed by atoms with Crippen LogP contribution < -0.4 is 10.6 Å². The molecule has 24 heavy (non-hydrogen) atoms. The van der Waals surface area contributed by atoms with Crippen molar-refractivity contribution in [2.45, 2.75) is 19.4 Å². The first-order valence-corrected chi connectivity index (χ1v) is 8.77. The van der Waals surface area contributed by atoms with E-state index in [0.29, 0.717) is 6.54 Å². The summed E-state index contributed by atoms with van der Waals surface area (Å²) in [7, 11) is 0. The standard InChI is InChI=1S/C17H19N3O3S/c21-17(13-1-2-13)19-10-9-18-11-15-7-8-16(24-15)12-3-5-14(6-4-12)20(22)23/h3-8,13,18H,1-2,9-11H2,(H,19,21). The maximum atomic E-state index is 11.5.